The summed E-state index contributed by atoms with van der Waals surface area (Å²) in [5.41, 5.74) is 0.616. The van der Waals surface area contributed by atoms with Gasteiger partial charge in [0, 0.05) is 21.9 Å². The molecule has 31 heavy (non-hydrogen) atoms. The van der Waals surface area contributed by atoms with Crippen molar-refractivity contribution in [1.82, 2.24) is 0 Å². The van der Waals surface area contributed by atoms with E-state index < -0.39 is 26.7 Å². The zero-order valence-electron chi connectivity index (χ0n) is 18.7. The molecule has 5 nitrogen and oxygen atoms in total. The molecule has 174 valence electrons. The Morgan fingerprint density at radius 3 is 2.48 bits per heavy atom. The zero-order chi connectivity index (χ0) is 23.4. The van der Waals surface area contributed by atoms with E-state index in [1.54, 1.807) is 43.6 Å². The van der Waals surface area contributed by atoms with Gasteiger partial charge in [0.25, 0.3) is 0 Å². The third-order valence-electron chi connectivity index (χ3n) is 5.32. The molecule has 1 atom stereocenters. The minimum absolute atomic E-state index is 0.121. The molecule has 0 bridgehead atoms. The monoisotopic (exact) mass is 477 g/mol. The molecular formula is C21H30F3NO4SSi. The van der Waals surface area contributed by atoms with E-state index in [0.29, 0.717) is 11.4 Å². The summed E-state index contributed by atoms with van der Waals surface area (Å²) in [5, 5.41) is 4.92. The number of amides is 1. The predicted molar refractivity (Wildman–Crippen MR) is 121 cm³/mol. The van der Waals surface area contributed by atoms with E-state index in [9.17, 15) is 18.0 Å². The molecule has 1 aromatic carbocycles. The Bertz CT molecular complexity index is 893. The van der Waals surface area contributed by atoms with Crippen molar-refractivity contribution < 1.29 is 31.9 Å². The van der Waals surface area contributed by atoms with Gasteiger partial charge in [-0.15, -0.1) is 11.3 Å². The number of fused-ring (bicyclic) bond motifs is 1. The first-order valence-corrected chi connectivity index (χ1v) is 13.9. The number of alkyl halides is 3. The zero-order valence-corrected chi connectivity index (χ0v) is 20.5. The molecule has 1 aromatic heterocycles. The number of rotatable bonds is 8. The van der Waals surface area contributed by atoms with Crippen molar-refractivity contribution in [3.8, 4) is 5.75 Å². The maximum Gasteiger partial charge on any atom is 0.413 e. The summed E-state index contributed by atoms with van der Waals surface area (Å²) in [6.07, 6.45) is -7.14. The highest BCUT2D eigenvalue weighted by molar-refractivity contribution is 7.17. The highest BCUT2D eigenvalue weighted by Gasteiger charge is 2.47. The SMILES string of the molecule is CCOC(=O)Nc1csc2cc(OCC[C@@H](O[Si](C)(C)C(C)(C)C)C(F)(F)F)ccc12. The Hall–Kier alpha value is -1.78. The smallest absolute Gasteiger partial charge is 0.413 e. The maximum atomic E-state index is 13.5. The van der Waals surface area contributed by atoms with Crippen LogP contribution in [-0.2, 0) is 9.16 Å². The average molecular weight is 478 g/mol. The fraction of sp³-hybridized carbons (Fsp3) is 0.571. The van der Waals surface area contributed by atoms with Gasteiger partial charge in [-0.05, 0) is 43.3 Å². The largest absolute Gasteiger partial charge is 0.493 e. The molecule has 10 heteroatoms. The molecule has 0 aliphatic heterocycles. The lowest BCUT2D eigenvalue weighted by atomic mass is 10.2. The number of thiophene rings is 1. The topological polar surface area (TPSA) is 56.8 Å². The number of benzene rings is 1. The summed E-state index contributed by atoms with van der Waals surface area (Å²) < 4.78 is 57.5. The second-order valence-electron chi connectivity index (χ2n) is 8.70. The molecule has 0 fully saturated rings. The van der Waals surface area contributed by atoms with Crippen molar-refractivity contribution in [2.24, 2.45) is 0 Å². The van der Waals surface area contributed by atoms with E-state index in [1.165, 1.54) is 11.3 Å². The summed E-state index contributed by atoms with van der Waals surface area (Å²) in [5.74, 6) is 0.463. The lowest BCUT2D eigenvalue weighted by Crippen LogP contribution is -2.48. The molecule has 2 rings (SSSR count). The van der Waals surface area contributed by atoms with Gasteiger partial charge in [-0.25, -0.2) is 4.79 Å². The third kappa shape index (κ3) is 6.85. The van der Waals surface area contributed by atoms with E-state index in [-0.39, 0.29) is 24.7 Å². The minimum Gasteiger partial charge on any atom is -0.493 e. The van der Waals surface area contributed by atoms with Crippen molar-refractivity contribution in [3.05, 3.63) is 23.6 Å². The summed E-state index contributed by atoms with van der Waals surface area (Å²) in [4.78, 5) is 11.6. The van der Waals surface area contributed by atoms with E-state index in [4.69, 9.17) is 13.9 Å². The molecule has 1 N–H and O–H groups in total. The number of ether oxygens (including phenoxy) is 2. The van der Waals surface area contributed by atoms with Crippen LogP contribution in [0.4, 0.5) is 23.7 Å². The van der Waals surface area contributed by atoms with Gasteiger partial charge in [0.1, 0.15) is 11.9 Å². The molecule has 1 heterocycles. The van der Waals surface area contributed by atoms with E-state index >= 15 is 0 Å². The normalized spacial score (nSPS) is 13.8. The average Bonchev–Trinajstić information content (AvgIpc) is 3.01. The van der Waals surface area contributed by atoms with E-state index in [1.807, 2.05) is 20.8 Å². The quantitative estimate of drug-likeness (QED) is 0.409. The molecule has 0 radical (unpaired) electrons. The lowest BCUT2D eigenvalue weighted by molar-refractivity contribution is -0.201. The van der Waals surface area contributed by atoms with Gasteiger partial charge in [0.05, 0.1) is 18.9 Å². The first-order valence-electron chi connectivity index (χ1n) is 10.1. The van der Waals surface area contributed by atoms with Crippen LogP contribution in [0.3, 0.4) is 0 Å². The van der Waals surface area contributed by atoms with E-state index in [0.717, 1.165) is 10.1 Å². The summed E-state index contributed by atoms with van der Waals surface area (Å²) in [6.45, 7) is 11.2. The molecule has 1 amide bonds. The van der Waals surface area contributed by atoms with Crippen LogP contribution >= 0.6 is 11.3 Å². The Balaban J connectivity index is 2.03. The molecule has 0 unspecified atom stereocenters. The Kier molecular flexibility index (Phi) is 8.04. The van der Waals surface area contributed by atoms with Crippen LogP contribution in [0.2, 0.25) is 18.1 Å². The molecular weight excluding hydrogens is 447 g/mol. The molecule has 2 aromatic rings. The molecule has 0 aliphatic carbocycles. The van der Waals surface area contributed by atoms with Crippen molar-refractivity contribution in [2.75, 3.05) is 18.5 Å². The molecule has 0 aliphatic rings. The van der Waals surface area contributed by atoms with Crippen molar-refractivity contribution in [3.63, 3.8) is 0 Å². The Morgan fingerprint density at radius 1 is 1.23 bits per heavy atom. The fourth-order valence-electron chi connectivity index (χ4n) is 2.58. The number of halogens is 3. The summed E-state index contributed by atoms with van der Waals surface area (Å²) in [6, 6.07) is 5.17. The predicted octanol–water partition coefficient (Wildman–Crippen LogP) is 7.19. The van der Waals surface area contributed by atoms with Crippen LogP contribution in [0.15, 0.2) is 23.6 Å². The van der Waals surface area contributed by atoms with Crippen LogP contribution < -0.4 is 10.1 Å². The van der Waals surface area contributed by atoms with Crippen LogP contribution in [-0.4, -0.2) is 39.9 Å². The number of carbonyl (C=O) groups is 1. The Morgan fingerprint density at radius 2 is 1.90 bits per heavy atom. The van der Waals surface area contributed by atoms with Crippen molar-refractivity contribution >= 4 is 41.5 Å². The van der Waals surface area contributed by atoms with Gasteiger partial charge in [-0.2, -0.15) is 13.2 Å². The van der Waals surface area contributed by atoms with Gasteiger partial charge in [0.2, 0.25) is 0 Å². The number of carbonyl (C=O) groups excluding carboxylic acids is 1. The minimum atomic E-state index is -4.45. The first kappa shape index (κ1) is 25.5. The van der Waals surface area contributed by atoms with Gasteiger partial charge in [0.15, 0.2) is 8.32 Å². The fourth-order valence-corrected chi connectivity index (χ4v) is 4.81. The molecule has 0 spiro atoms. The van der Waals surface area contributed by atoms with Crippen LogP contribution in [0.5, 0.6) is 5.75 Å². The number of hydrogen-bond acceptors (Lipinski definition) is 5. The third-order valence-corrected chi connectivity index (χ3v) is 10.7. The van der Waals surface area contributed by atoms with E-state index in [2.05, 4.69) is 5.32 Å². The number of nitrogens with one attached hydrogen (secondary N) is 1. The maximum absolute atomic E-state index is 13.5. The van der Waals surface area contributed by atoms with Crippen LogP contribution in [0.25, 0.3) is 10.1 Å². The van der Waals surface area contributed by atoms with Crippen molar-refractivity contribution in [2.45, 2.75) is 64.5 Å². The van der Waals surface area contributed by atoms with Crippen LogP contribution in [0.1, 0.15) is 34.1 Å². The standard InChI is InChI=1S/C21H30F3NO4SSi/c1-7-27-19(26)25-16-13-30-17-12-14(8-9-15(16)17)28-11-10-18(21(22,23)24)29-31(5,6)20(2,3)4/h8-9,12-13,18H,7,10-11H2,1-6H3,(H,25,26)/t18-/m1/s1. The highest BCUT2D eigenvalue weighted by atomic mass is 32.1. The number of hydrogen-bond donors (Lipinski definition) is 1. The van der Waals surface area contributed by atoms with Gasteiger partial charge in [-0.3, -0.25) is 5.32 Å². The summed E-state index contributed by atoms with van der Waals surface area (Å²) >= 11 is 1.39. The van der Waals surface area contributed by atoms with Crippen LogP contribution in [0, 0.1) is 0 Å². The summed E-state index contributed by atoms with van der Waals surface area (Å²) in [7, 11) is -2.58. The molecule has 0 saturated heterocycles. The van der Waals surface area contributed by atoms with Crippen molar-refractivity contribution in [1.29, 1.82) is 0 Å². The van der Waals surface area contributed by atoms with Gasteiger partial charge in [-0.1, -0.05) is 20.8 Å². The Labute approximate surface area is 186 Å². The van der Waals surface area contributed by atoms with Gasteiger partial charge >= 0.3 is 12.3 Å². The first-order chi connectivity index (χ1) is 14.2. The molecule has 0 saturated carbocycles. The lowest BCUT2D eigenvalue weighted by Gasteiger charge is -2.39. The van der Waals surface area contributed by atoms with Gasteiger partial charge < -0.3 is 13.9 Å². The highest BCUT2D eigenvalue weighted by Crippen LogP contribution is 2.40. The second kappa shape index (κ2) is 9.79. The second-order valence-corrected chi connectivity index (χ2v) is 14.4. The number of anilines is 1.